The van der Waals surface area contributed by atoms with Gasteiger partial charge in [-0.05, 0) is 52.1 Å². The van der Waals surface area contributed by atoms with Gasteiger partial charge in [-0.25, -0.2) is 0 Å². The molecule has 1 aliphatic rings. The molecule has 0 bridgehead atoms. The zero-order valence-corrected chi connectivity index (χ0v) is 14.1. The molecule has 2 rings (SSSR count). The molecule has 6 heteroatoms. The van der Waals surface area contributed by atoms with Crippen LogP contribution in [0.4, 0.5) is 0 Å². The lowest BCUT2D eigenvalue weighted by atomic mass is 9.93. The maximum Gasteiger partial charge on any atom is 0.220 e. The molecule has 120 valence electrons. The molecule has 0 spiro atoms. The first-order valence-corrected chi connectivity index (χ1v) is 7.54. The van der Waals surface area contributed by atoms with Gasteiger partial charge in [0.1, 0.15) is 0 Å². The summed E-state index contributed by atoms with van der Waals surface area (Å²) in [6, 6.07) is 0. The van der Waals surface area contributed by atoms with Crippen molar-refractivity contribution in [2.45, 2.75) is 46.1 Å². The van der Waals surface area contributed by atoms with E-state index in [9.17, 15) is 4.79 Å². The van der Waals surface area contributed by atoms with E-state index in [0.717, 1.165) is 36.5 Å². The molecule has 0 aromatic carbocycles. The molecular formula is C15H27ClN4O. The van der Waals surface area contributed by atoms with E-state index in [1.165, 1.54) is 12.8 Å². The van der Waals surface area contributed by atoms with Gasteiger partial charge in [0, 0.05) is 31.3 Å². The Hall–Kier alpha value is -1.07. The second kappa shape index (κ2) is 8.39. The molecule has 5 nitrogen and oxygen atoms in total. The average molecular weight is 315 g/mol. The van der Waals surface area contributed by atoms with Crippen molar-refractivity contribution in [3.63, 3.8) is 0 Å². The van der Waals surface area contributed by atoms with Crippen LogP contribution in [0.2, 0.25) is 0 Å². The van der Waals surface area contributed by atoms with E-state index >= 15 is 0 Å². The van der Waals surface area contributed by atoms with Gasteiger partial charge in [0.25, 0.3) is 0 Å². The summed E-state index contributed by atoms with van der Waals surface area (Å²) in [4.78, 5) is 11.9. The van der Waals surface area contributed by atoms with E-state index in [-0.39, 0.29) is 18.3 Å². The molecule has 0 unspecified atom stereocenters. The van der Waals surface area contributed by atoms with E-state index in [1.807, 2.05) is 25.6 Å². The number of amides is 1. The second-order valence-corrected chi connectivity index (χ2v) is 5.78. The Balaban J connectivity index is 0.00000220. The number of carbonyl (C=O) groups excluding carboxylic acids is 1. The van der Waals surface area contributed by atoms with Crippen molar-refractivity contribution >= 4 is 18.3 Å². The highest BCUT2D eigenvalue weighted by Gasteiger charge is 2.15. The molecule has 1 aromatic heterocycles. The minimum atomic E-state index is 0. The summed E-state index contributed by atoms with van der Waals surface area (Å²) in [6.45, 7) is 6.82. The molecule has 2 N–H and O–H groups in total. The van der Waals surface area contributed by atoms with Crippen molar-refractivity contribution in [1.82, 2.24) is 20.4 Å². The summed E-state index contributed by atoms with van der Waals surface area (Å²) in [5, 5.41) is 10.7. The molecular weight excluding hydrogens is 288 g/mol. The number of carbonyl (C=O) groups is 1. The van der Waals surface area contributed by atoms with E-state index in [1.54, 1.807) is 0 Å². The highest BCUT2D eigenvalue weighted by atomic mass is 35.5. The maximum atomic E-state index is 11.9. The number of aryl methyl sites for hydroxylation is 2. The van der Waals surface area contributed by atoms with Crippen LogP contribution >= 0.6 is 12.4 Å². The summed E-state index contributed by atoms with van der Waals surface area (Å²) in [5.41, 5.74) is 3.27. The Bertz CT molecular complexity index is 466. The monoisotopic (exact) mass is 314 g/mol. The number of nitrogens with one attached hydrogen (secondary N) is 2. The van der Waals surface area contributed by atoms with Crippen LogP contribution in [0, 0.1) is 19.8 Å². The van der Waals surface area contributed by atoms with E-state index in [4.69, 9.17) is 0 Å². The second-order valence-electron chi connectivity index (χ2n) is 5.78. The zero-order chi connectivity index (χ0) is 14.5. The number of hydrogen-bond donors (Lipinski definition) is 2. The molecule has 1 aromatic rings. The smallest absolute Gasteiger partial charge is 0.220 e. The number of hydrogen-bond acceptors (Lipinski definition) is 3. The molecule has 1 saturated heterocycles. The topological polar surface area (TPSA) is 59.0 Å². The number of aromatic nitrogens is 2. The van der Waals surface area contributed by atoms with Crippen molar-refractivity contribution < 1.29 is 4.79 Å². The molecule has 0 atom stereocenters. The Kier molecular flexibility index (Phi) is 7.18. The molecule has 1 fully saturated rings. The summed E-state index contributed by atoms with van der Waals surface area (Å²) in [7, 11) is 1.94. The van der Waals surface area contributed by atoms with Gasteiger partial charge < -0.3 is 10.6 Å². The highest BCUT2D eigenvalue weighted by Crippen LogP contribution is 2.17. The van der Waals surface area contributed by atoms with Gasteiger partial charge in [0.15, 0.2) is 0 Å². The van der Waals surface area contributed by atoms with Crippen molar-refractivity contribution in [3.8, 4) is 0 Å². The fraction of sp³-hybridized carbons (Fsp3) is 0.733. The van der Waals surface area contributed by atoms with Crippen LogP contribution in [0.3, 0.4) is 0 Å². The van der Waals surface area contributed by atoms with Crippen LogP contribution in [0.1, 0.15) is 42.6 Å². The predicted molar refractivity (Wildman–Crippen MR) is 86.6 cm³/mol. The first-order chi connectivity index (χ1) is 9.58. The molecule has 0 aliphatic carbocycles. The van der Waals surface area contributed by atoms with Crippen LogP contribution in [-0.2, 0) is 18.4 Å². The third-order valence-electron chi connectivity index (χ3n) is 4.36. The largest absolute Gasteiger partial charge is 0.352 e. The minimum Gasteiger partial charge on any atom is -0.352 e. The lowest BCUT2D eigenvalue weighted by molar-refractivity contribution is -0.121. The third-order valence-corrected chi connectivity index (χ3v) is 4.36. The van der Waals surface area contributed by atoms with Gasteiger partial charge in [-0.15, -0.1) is 12.4 Å². The lowest BCUT2D eigenvalue weighted by Gasteiger charge is -2.22. The van der Waals surface area contributed by atoms with Gasteiger partial charge in [-0.3, -0.25) is 9.48 Å². The molecule has 0 saturated carbocycles. The Labute approximate surface area is 133 Å². The third kappa shape index (κ3) is 5.00. The fourth-order valence-electron chi connectivity index (χ4n) is 2.85. The normalized spacial score (nSPS) is 15.6. The fourth-order valence-corrected chi connectivity index (χ4v) is 2.85. The van der Waals surface area contributed by atoms with Crippen molar-refractivity contribution in [3.05, 3.63) is 17.0 Å². The van der Waals surface area contributed by atoms with Gasteiger partial charge in [0.05, 0.1) is 5.69 Å². The number of halogens is 1. The lowest BCUT2D eigenvalue weighted by Crippen LogP contribution is -2.29. The molecule has 2 heterocycles. The maximum absolute atomic E-state index is 11.9. The minimum absolute atomic E-state index is 0. The summed E-state index contributed by atoms with van der Waals surface area (Å²) in [5.74, 6) is 0.870. The number of rotatable bonds is 5. The van der Waals surface area contributed by atoms with Crippen molar-refractivity contribution in [1.29, 1.82) is 0 Å². The standard InChI is InChI=1S/C15H26N4O.ClH/c1-11-14(12(2)19(3)18-11)10-17-15(20)5-4-13-6-8-16-9-7-13;/h13,16H,4-10H2,1-3H3,(H,17,20);1H. The van der Waals surface area contributed by atoms with Gasteiger partial charge in [0.2, 0.25) is 5.91 Å². The van der Waals surface area contributed by atoms with Gasteiger partial charge >= 0.3 is 0 Å². The van der Waals surface area contributed by atoms with E-state index in [2.05, 4.69) is 15.7 Å². The Morgan fingerprint density at radius 1 is 1.38 bits per heavy atom. The van der Waals surface area contributed by atoms with Crippen LogP contribution in [0.25, 0.3) is 0 Å². The SMILES string of the molecule is Cc1nn(C)c(C)c1CNC(=O)CCC1CCNCC1.Cl. The first kappa shape index (κ1) is 18.0. The Morgan fingerprint density at radius 3 is 2.62 bits per heavy atom. The quantitative estimate of drug-likeness (QED) is 0.872. The van der Waals surface area contributed by atoms with Crippen molar-refractivity contribution in [2.24, 2.45) is 13.0 Å². The van der Waals surface area contributed by atoms with Gasteiger partial charge in [-0.2, -0.15) is 5.10 Å². The Morgan fingerprint density at radius 2 is 2.05 bits per heavy atom. The number of nitrogens with zero attached hydrogens (tertiary/aromatic N) is 2. The molecule has 1 amide bonds. The molecule has 1 aliphatic heterocycles. The predicted octanol–water partition coefficient (Wildman–Crippen LogP) is 1.85. The van der Waals surface area contributed by atoms with Crippen LogP contribution in [-0.4, -0.2) is 28.8 Å². The zero-order valence-electron chi connectivity index (χ0n) is 13.2. The van der Waals surface area contributed by atoms with Crippen LogP contribution in [0.15, 0.2) is 0 Å². The summed E-state index contributed by atoms with van der Waals surface area (Å²) < 4.78 is 1.87. The molecule has 21 heavy (non-hydrogen) atoms. The molecule has 0 radical (unpaired) electrons. The van der Waals surface area contributed by atoms with Gasteiger partial charge in [-0.1, -0.05) is 0 Å². The first-order valence-electron chi connectivity index (χ1n) is 7.54. The average Bonchev–Trinajstić information content (AvgIpc) is 2.69. The summed E-state index contributed by atoms with van der Waals surface area (Å²) in [6.07, 6.45) is 4.06. The highest BCUT2D eigenvalue weighted by molar-refractivity contribution is 5.85. The summed E-state index contributed by atoms with van der Waals surface area (Å²) >= 11 is 0. The van der Waals surface area contributed by atoms with E-state index < -0.39 is 0 Å². The van der Waals surface area contributed by atoms with E-state index in [0.29, 0.717) is 18.9 Å². The van der Waals surface area contributed by atoms with Crippen molar-refractivity contribution in [2.75, 3.05) is 13.1 Å². The van der Waals surface area contributed by atoms with Crippen LogP contribution in [0.5, 0.6) is 0 Å². The number of piperidine rings is 1. The van der Waals surface area contributed by atoms with Crippen LogP contribution < -0.4 is 10.6 Å².